The van der Waals surface area contributed by atoms with Crippen LogP contribution in [0.4, 0.5) is 11.4 Å². The van der Waals surface area contributed by atoms with Crippen molar-refractivity contribution in [2.24, 2.45) is 0 Å². The quantitative estimate of drug-likeness (QED) is 0.289. The lowest BCUT2D eigenvalue weighted by Crippen LogP contribution is -2.26. The van der Waals surface area contributed by atoms with Gasteiger partial charge in [0, 0.05) is 22.7 Å². The Kier molecular flexibility index (Phi) is 6.42. The second-order valence-corrected chi connectivity index (χ2v) is 10.00. The van der Waals surface area contributed by atoms with Crippen LogP contribution in [0.25, 0.3) is 0 Å². The van der Waals surface area contributed by atoms with Gasteiger partial charge < -0.3 is 15.4 Å². The van der Waals surface area contributed by atoms with E-state index in [-0.39, 0.29) is 17.7 Å². The average Bonchev–Trinajstić information content (AvgIpc) is 3.10. The number of ether oxygens (including phenoxy) is 1. The first-order valence-corrected chi connectivity index (χ1v) is 12.9. The highest BCUT2D eigenvalue weighted by Crippen LogP contribution is 2.44. The Balaban J connectivity index is 1.31. The van der Waals surface area contributed by atoms with E-state index in [0.29, 0.717) is 18.1 Å². The molecule has 1 aliphatic heterocycles. The zero-order chi connectivity index (χ0) is 25.2. The Morgan fingerprint density at radius 1 is 0.757 bits per heavy atom. The number of benzene rings is 4. The van der Waals surface area contributed by atoms with E-state index in [1.807, 2.05) is 91.0 Å². The minimum Gasteiger partial charge on any atom is -0.489 e. The normalized spacial score (nSPS) is 18.7. The van der Waals surface area contributed by atoms with Gasteiger partial charge in [-0.05, 0) is 65.4 Å². The van der Waals surface area contributed by atoms with Crippen molar-refractivity contribution in [3.8, 4) is 5.75 Å². The lowest BCUT2D eigenvalue weighted by molar-refractivity contribution is -0.116. The molecule has 2 aliphatic rings. The molecule has 2 N–H and O–H groups in total. The summed E-state index contributed by atoms with van der Waals surface area (Å²) in [5.41, 5.74) is 7.01. The highest BCUT2D eigenvalue weighted by molar-refractivity contribution is 6.30. The molecule has 0 spiro atoms. The molecule has 37 heavy (non-hydrogen) atoms. The fourth-order valence-electron chi connectivity index (χ4n) is 5.21. The van der Waals surface area contributed by atoms with Crippen molar-refractivity contribution in [2.75, 3.05) is 10.6 Å². The zero-order valence-electron chi connectivity index (χ0n) is 20.3. The van der Waals surface area contributed by atoms with E-state index in [9.17, 15) is 4.79 Å². The Morgan fingerprint density at radius 2 is 1.43 bits per heavy atom. The summed E-state index contributed by atoms with van der Waals surface area (Å²) in [7, 11) is 0. The van der Waals surface area contributed by atoms with Crippen LogP contribution >= 0.6 is 11.6 Å². The van der Waals surface area contributed by atoms with Gasteiger partial charge in [-0.15, -0.1) is 0 Å². The van der Waals surface area contributed by atoms with E-state index in [2.05, 4.69) is 22.8 Å². The molecule has 6 rings (SSSR count). The Hall–Kier alpha value is -4.02. The number of fused-ring (bicyclic) bond motifs is 1. The molecule has 0 fully saturated rings. The molecule has 0 aromatic heterocycles. The number of rotatable bonds is 5. The molecule has 2 atom stereocenters. The van der Waals surface area contributed by atoms with Crippen LogP contribution in [0.2, 0.25) is 5.02 Å². The van der Waals surface area contributed by atoms with Gasteiger partial charge in [0.05, 0.1) is 17.4 Å². The van der Waals surface area contributed by atoms with Crippen molar-refractivity contribution in [2.45, 2.75) is 31.4 Å². The monoisotopic (exact) mass is 506 g/mol. The number of carbonyl (C=O) groups excluding carboxylic acids is 1. The van der Waals surface area contributed by atoms with Crippen LogP contribution in [0.5, 0.6) is 5.75 Å². The summed E-state index contributed by atoms with van der Waals surface area (Å²) in [6.07, 6.45) is 1.22. The van der Waals surface area contributed by atoms with E-state index >= 15 is 0 Å². The smallest absolute Gasteiger partial charge is 0.163 e. The molecular weight excluding hydrogens is 480 g/mol. The van der Waals surface area contributed by atoms with Crippen LogP contribution in [0, 0.1) is 0 Å². The maximum atomic E-state index is 13.7. The van der Waals surface area contributed by atoms with Gasteiger partial charge in [-0.25, -0.2) is 0 Å². The van der Waals surface area contributed by atoms with E-state index in [4.69, 9.17) is 16.3 Å². The molecule has 4 aromatic carbocycles. The van der Waals surface area contributed by atoms with Gasteiger partial charge in [-0.2, -0.15) is 0 Å². The van der Waals surface area contributed by atoms with E-state index in [0.717, 1.165) is 51.5 Å². The highest BCUT2D eigenvalue weighted by Gasteiger charge is 2.36. The highest BCUT2D eigenvalue weighted by atomic mass is 35.5. The number of halogens is 1. The van der Waals surface area contributed by atoms with Gasteiger partial charge in [0.2, 0.25) is 0 Å². The van der Waals surface area contributed by atoms with Crippen molar-refractivity contribution >= 4 is 28.8 Å². The van der Waals surface area contributed by atoms with E-state index in [1.54, 1.807) is 0 Å². The van der Waals surface area contributed by atoms with Crippen LogP contribution in [0.15, 0.2) is 114 Å². The molecule has 184 valence electrons. The second kappa shape index (κ2) is 10.2. The minimum absolute atomic E-state index is 0.107. The molecule has 0 saturated heterocycles. The lowest BCUT2D eigenvalue weighted by atomic mass is 9.78. The number of carbonyl (C=O) groups is 1. The van der Waals surface area contributed by atoms with Crippen molar-refractivity contribution in [1.82, 2.24) is 0 Å². The third-order valence-corrected chi connectivity index (χ3v) is 7.36. The molecule has 4 aromatic rings. The summed E-state index contributed by atoms with van der Waals surface area (Å²) in [6, 6.07) is 33.9. The van der Waals surface area contributed by atoms with Gasteiger partial charge in [0.15, 0.2) is 5.78 Å². The predicted molar refractivity (Wildman–Crippen MR) is 149 cm³/mol. The topological polar surface area (TPSA) is 50.4 Å². The van der Waals surface area contributed by atoms with Crippen molar-refractivity contribution < 1.29 is 9.53 Å². The summed E-state index contributed by atoms with van der Waals surface area (Å²) < 4.78 is 5.99. The average molecular weight is 507 g/mol. The Bertz CT molecular complexity index is 1450. The van der Waals surface area contributed by atoms with Crippen molar-refractivity contribution in [3.05, 3.63) is 136 Å². The maximum absolute atomic E-state index is 13.7. The molecule has 0 radical (unpaired) electrons. The minimum atomic E-state index is -0.256. The number of allylic oxidation sites excluding steroid dienone is 1. The summed E-state index contributed by atoms with van der Waals surface area (Å²) in [5.74, 6) is 1.06. The molecule has 0 amide bonds. The fraction of sp³-hybridized carbons (Fsp3) is 0.156. The van der Waals surface area contributed by atoms with Crippen molar-refractivity contribution in [1.29, 1.82) is 0 Å². The number of para-hydroxylation sites is 2. The van der Waals surface area contributed by atoms with Crippen LogP contribution in [-0.4, -0.2) is 5.78 Å². The van der Waals surface area contributed by atoms with Crippen LogP contribution in [0.1, 0.15) is 41.5 Å². The number of nitrogens with one attached hydrogen (secondary N) is 2. The Morgan fingerprint density at radius 3 is 2.19 bits per heavy atom. The second-order valence-electron chi connectivity index (χ2n) is 9.56. The summed E-state index contributed by atoms with van der Waals surface area (Å²) >= 11 is 6.11. The van der Waals surface area contributed by atoms with Gasteiger partial charge in [-0.1, -0.05) is 78.3 Å². The van der Waals surface area contributed by atoms with Crippen molar-refractivity contribution in [3.63, 3.8) is 0 Å². The largest absolute Gasteiger partial charge is 0.489 e. The number of hydrogen-bond acceptors (Lipinski definition) is 4. The number of ketones is 1. The molecule has 1 heterocycles. The standard InChI is InChI=1S/C32H27ClN2O2/c33-25-14-10-22(11-15-25)24-18-29-31(30(36)19-24)32(35-28-9-5-4-8-27(28)34-29)23-12-16-26(17-13-23)37-20-21-6-2-1-3-7-21/h1-17,24,32,34-35H,18-20H2. The van der Waals surface area contributed by atoms with Gasteiger partial charge in [0.1, 0.15) is 12.4 Å². The molecule has 5 heteroatoms. The molecular formula is C32H27ClN2O2. The van der Waals surface area contributed by atoms with Crippen LogP contribution in [0.3, 0.4) is 0 Å². The molecule has 1 aliphatic carbocycles. The first-order chi connectivity index (χ1) is 18.1. The first kappa shape index (κ1) is 23.4. The summed E-state index contributed by atoms with van der Waals surface area (Å²) in [5, 5.41) is 7.95. The SMILES string of the molecule is O=C1CC(c2ccc(Cl)cc2)CC2=C1C(c1ccc(OCc3ccccc3)cc1)Nc1ccccc1N2. The molecule has 0 saturated carbocycles. The predicted octanol–water partition coefficient (Wildman–Crippen LogP) is 7.90. The third kappa shape index (κ3) is 4.98. The van der Waals surface area contributed by atoms with E-state index < -0.39 is 0 Å². The maximum Gasteiger partial charge on any atom is 0.163 e. The number of hydrogen-bond donors (Lipinski definition) is 2. The summed E-state index contributed by atoms with van der Waals surface area (Å²) in [4.78, 5) is 13.7. The van der Waals surface area contributed by atoms with Crippen LogP contribution in [-0.2, 0) is 11.4 Å². The molecule has 2 unspecified atom stereocenters. The van der Waals surface area contributed by atoms with Gasteiger partial charge >= 0.3 is 0 Å². The fourth-order valence-corrected chi connectivity index (χ4v) is 5.34. The first-order valence-electron chi connectivity index (χ1n) is 12.5. The van der Waals surface area contributed by atoms with E-state index in [1.165, 1.54) is 0 Å². The zero-order valence-corrected chi connectivity index (χ0v) is 21.0. The third-order valence-electron chi connectivity index (χ3n) is 7.11. The Labute approximate surface area is 221 Å². The molecule has 0 bridgehead atoms. The lowest BCUT2D eigenvalue weighted by Gasteiger charge is -2.30. The number of Topliss-reactive ketones (excluding diaryl/α,β-unsaturated/α-hetero) is 1. The van der Waals surface area contributed by atoms with Gasteiger partial charge in [-0.3, -0.25) is 4.79 Å². The number of anilines is 2. The van der Waals surface area contributed by atoms with Crippen LogP contribution < -0.4 is 15.4 Å². The summed E-state index contributed by atoms with van der Waals surface area (Å²) in [6.45, 7) is 0.513. The molecule has 4 nitrogen and oxygen atoms in total. The van der Waals surface area contributed by atoms with Gasteiger partial charge in [0.25, 0.3) is 0 Å².